The van der Waals surface area contributed by atoms with Crippen LogP contribution in [0.1, 0.15) is 37.3 Å². The topological polar surface area (TPSA) is 99.9 Å². The predicted molar refractivity (Wildman–Crippen MR) is 148 cm³/mol. The van der Waals surface area contributed by atoms with Gasteiger partial charge in [-0.1, -0.05) is 24.3 Å². The Morgan fingerprint density at radius 2 is 1.74 bits per heavy atom. The van der Waals surface area contributed by atoms with E-state index in [9.17, 15) is 4.39 Å². The summed E-state index contributed by atoms with van der Waals surface area (Å²) in [5.41, 5.74) is 11.2. The number of nitrogens with two attached hydrogens (primary N) is 1. The van der Waals surface area contributed by atoms with Crippen molar-refractivity contribution in [3.63, 3.8) is 0 Å². The number of ether oxygens (including phenoxy) is 1. The van der Waals surface area contributed by atoms with E-state index in [-0.39, 0.29) is 11.9 Å². The molecule has 9 nitrogen and oxygen atoms in total. The van der Waals surface area contributed by atoms with Gasteiger partial charge in [-0.05, 0) is 43.9 Å². The van der Waals surface area contributed by atoms with E-state index in [4.69, 9.17) is 15.6 Å². The van der Waals surface area contributed by atoms with Crippen molar-refractivity contribution >= 4 is 27.9 Å². The van der Waals surface area contributed by atoms with Gasteiger partial charge in [0.25, 0.3) is 0 Å². The van der Waals surface area contributed by atoms with Crippen LogP contribution in [0, 0.1) is 5.82 Å². The summed E-state index contributed by atoms with van der Waals surface area (Å²) in [4.78, 5) is 16.1. The minimum atomic E-state index is -0.220. The maximum Gasteiger partial charge on any atom is 0.164 e. The first kappa shape index (κ1) is 24.2. The molecule has 0 bridgehead atoms. The molecular formula is C29H31FN8O. The number of rotatable bonds is 5. The van der Waals surface area contributed by atoms with E-state index in [1.807, 2.05) is 28.8 Å². The molecule has 0 spiro atoms. The second-order valence-corrected chi connectivity index (χ2v) is 10.5. The number of fused-ring (bicyclic) bond motifs is 2. The lowest BCUT2D eigenvalue weighted by Crippen LogP contribution is -2.45. The first-order valence-corrected chi connectivity index (χ1v) is 13.6. The van der Waals surface area contributed by atoms with E-state index < -0.39 is 0 Å². The van der Waals surface area contributed by atoms with Crippen LogP contribution in [0.4, 0.5) is 10.2 Å². The lowest BCUT2D eigenvalue weighted by Gasteiger charge is -2.38. The second-order valence-electron chi connectivity index (χ2n) is 10.5. The second kappa shape index (κ2) is 10.0. The van der Waals surface area contributed by atoms with Gasteiger partial charge in [0.1, 0.15) is 23.7 Å². The molecule has 1 aliphatic carbocycles. The molecule has 4 heterocycles. The van der Waals surface area contributed by atoms with E-state index in [0.717, 1.165) is 85.3 Å². The van der Waals surface area contributed by atoms with Gasteiger partial charge in [0.05, 0.1) is 48.5 Å². The Morgan fingerprint density at radius 3 is 2.56 bits per heavy atom. The minimum Gasteiger partial charge on any atom is -0.383 e. The smallest absolute Gasteiger partial charge is 0.164 e. The Morgan fingerprint density at radius 1 is 0.949 bits per heavy atom. The SMILES string of the molecule is Nc1ncnc2c1c(-c1ccc3c(c1)ncn3Cc1ccccc1F)nn2[C@H]1CC[C@H](N2CCOCC2)CC1. The largest absolute Gasteiger partial charge is 0.383 e. The molecule has 39 heavy (non-hydrogen) atoms. The summed E-state index contributed by atoms with van der Waals surface area (Å²) >= 11 is 0. The highest BCUT2D eigenvalue weighted by atomic mass is 19.1. The van der Waals surface area contributed by atoms with Gasteiger partial charge in [0, 0.05) is 30.3 Å². The van der Waals surface area contributed by atoms with Gasteiger partial charge in [-0.15, -0.1) is 0 Å². The van der Waals surface area contributed by atoms with Crippen molar-refractivity contribution < 1.29 is 9.13 Å². The average Bonchev–Trinajstić information content (AvgIpc) is 3.57. The van der Waals surface area contributed by atoms with Gasteiger partial charge in [0.2, 0.25) is 0 Å². The maximum atomic E-state index is 14.2. The molecule has 7 rings (SSSR count). The Hall–Kier alpha value is -3.89. The molecule has 0 atom stereocenters. The highest BCUT2D eigenvalue weighted by molar-refractivity contribution is 5.99. The molecular weight excluding hydrogens is 495 g/mol. The third-order valence-electron chi connectivity index (χ3n) is 8.29. The summed E-state index contributed by atoms with van der Waals surface area (Å²) < 4.78 is 23.8. The minimum absolute atomic E-state index is 0.220. The van der Waals surface area contributed by atoms with E-state index >= 15 is 0 Å². The third kappa shape index (κ3) is 4.43. The maximum absolute atomic E-state index is 14.2. The highest BCUT2D eigenvalue weighted by Crippen LogP contribution is 2.37. The van der Waals surface area contributed by atoms with Crippen molar-refractivity contribution in [3.05, 3.63) is 66.5 Å². The summed E-state index contributed by atoms with van der Waals surface area (Å²) in [5.74, 6) is 0.205. The summed E-state index contributed by atoms with van der Waals surface area (Å²) in [5, 5.41) is 5.87. The Labute approximate surface area is 225 Å². The third-order valence-corrected chi connectivity index (χ3v) is 8.29. The summed E-state index contributed by atoms with van der Waals surface area (Å²) in [6.45, 7) is 4.11. The number of benzene rings is 2. The molecule has 1 saturated carbocycles. The number of nitrogen functional groups attached to an aromatic ring is 1. The summed E-state index contributed by atoms with van der Waals surface area (Å²) in [7, 11) is 0. The molecule has 1 saturated heterocycles. The first-order valence-electron chi connectivity index (χ1n) is 13.6. The standard InChI is InChI=1S/C29H31FN8O/c30-23-4-2-1-3-20(23)16-37-18-34-24-15-19(5-10-25(24)37)27-26-28(31)32-17-33-29(26)38(35-27)22-8-6-21(7-9-22)36-11-13-39-14-12-36/h1-5,10,15,17-18,21-22H,6-9,11-14,16H2,(H2,31,32,33)/t21-,22-. The molecule has 2 fully saturated rings. The van der Waals surface area contributed by atoms with Crippen molar-refractivity contribution in [3.8, 4) is 11.3 Å². The number of halogens is 1. The zero-order chi connectivity index (χ0) is 26.3. The summed E-state index contributed by atoms with van der Waals surface area (Å²) in [6.07, 6.45) is 7.62. The molecule has 2 aliphatic rings. The molecule has 1 aliphatic heterocycles. The van der Waals surface area contributed by atoms with Crippen molar-refractivity contribution in [2.24, 2.45) is 0 Å². The van der Waals surface area contributed by atoms with Crippen LogP contribution in [-0.2, 0) is 11.3 Å². The average molecular weight is 527 g/mol. The monoisotopic (exact) mass is 526 g/mol. The Kier molecular flexibility index (Phi) is 6.21. The van der Waals surface area contributed by atoms with E-state index in [1.54, 1.807) is 18.5 Å². The summed E-state index contributed by atoms with van der Waals surface area (Å²) in [6, 6.07) is 13.7. The number of anilines is 1. The van der Waals surface area contributed by atoms with Crippen molar-refractivity contribution in [2.75, 3.05) is 32.0 Å². The van der Waals surface area contributed by atoms with Crippen molar-refractivity contribution in [1.82, 2.24) is 34.2 Å². The predicted octanol–water partition coefficient (Wildman–Crippen LogP) is 4.43. The zero-order valence-corrected chi connectivity index (χ0v) is 21.7. The van der Waals surface area contributed by atoms with E-state index in [1.165, 1.54) is 12.4 Å². The molecule has 0 radical (unpaired) electrons. The lowest BCUT2D eigenvalue weighted by atomic mass is 9.90. The normalized spacial score (nSPS) is 20.6. The fourth-order valence-electron chi connectivity index (χ4n) is 6.21. The molecule has 2 aromatic carbocycles. The number of imidazole rings is 1. The first-order chi connectivity index (χ1) is 19.2. The number of nitrogens with zero attached hydrogens (tertiary/aromatic N) is 7. The van der Waals surface area contributed by atoms with Gasteiger partial charge >= 0.3 is 0 Å². The van der Waals surface area contributed by atoms with Gasteiger partial charge in [0.15, 0.2) is 5.65 Å². The van der Waals surface area contributed by atoms with Crippen molar-refractivity contribution in [1.29, 1.82) is 0 Å². The van der Waals surface area contributed by atoms with Crippen LogP contribution in [0.5, 0.6) is 0 Å². The van der Waals surface area contributed by atoms with E-state index in [0.29, 0.717) is 24.0 Å². The lowest BCUT2D eigenvalue weighted by molar-refractivity contribution is 0.00520. The van der Waals surface area contributed by atoms with Gasteiger partial charge in [-0.3, -0.25) is 4.90 Å². The van der Waals surface area contributed by atoms with Crippen LogP contribution < -0.4 is 5.73 Å². The van der Waals surface area contributed by atoms with E-state index in [2.05, 4.69) is 24.5 Å². The molecule has 2 N–H and O–H groups in total. The molecule has 3 aromatic heterocycles. The molecule has 200 valence electrons. The molecule has 0 unspecified atom stereocenters. The quantitative estimate of drug-likeness (QED) is 0.362. The Balaban J connectivity index is 1.20. The van der Waals surface area contributed by atoms with Gasteiger partial charge in [-0.2, -0.15) is 5.10 Å². The van der Waals surface area contributed by atoms with Crippen LogP contribution in [0.15, 0.2) is 55.1 Å². The fourth-order valence-corrected chi connectivity index (χ4v) is 6.21. The number of morpholine rings is 1. The van der Waals surface area contributed by atoms with Crippen LogP contribution >= 0.6 is 0 Å². The zero-order valence-electron chi connectivity index (χ0n) is 21.7. The Bertz CT molecular complexity index is 1630. The molecule has 10 heteroatoms. The van der Waals surface area contributed by atoms with Crippen LogP contribution in [0.2, 0.25) is 0 Å². The number of aromatic nitrogens is 6. The van der Waals surface area contributed by atoms with Crippen LogP contribution in [0.3, 0.4) is 0 Å². The fraction of sp³-hybridized carbons (Fsp3) is 0.379. The number of hydrogen-bond acceptors (Lipinski definition) is 7. The van der Waals surface area contributed by atoms with Gasteiger partial charge in [-0.25, -0.2) is 24.0 Å². The van der Waals surface area contributed by atoms with Gasteiger partial charge < -0.3 is 15.0 Å². The van der Waals surface area contributed by atoms with Crippen LogP contribution in [-0.4, -0.2) is 66.5 Å². The molecule has 5 aromatic rings. The number of hydrogen-bond donors (Lipinski definition) is 1. The molecule has 0 amide bonds. The highest BCUT2D eigenvalue weighted by Gasteiger charge is 2.30. The van der Waals surface area contributed by atoms with Crippen molar-refractivity contribution in [2.45, 2.75) is 44.3 Å². The van der Waals surface area contributed by atoms with Crippen LogP contribution in [0.25, 0.3) is 33.3 Å².